The van der Waals surface area contributed by atoms with Crippen LogP contribution in [0, 0.1) is 0 Å². The second kappa shape index (κ2) is 8.89. The minimum absolute atomic E-state index is 0.515. The lowest BCUT2D eigenvalue weighted by atomic mass is 10.0. The molecule has 3 heteroatoms. The summed E-state index contributed by atoms with van der Waals surface area (Å²) in [7, 11) is 0. The number of unbranched alkanes of at least 4 members (excludes halogenated alkanes) is 1. The summed E-state index contributed by atoms with van der Waals surface area (Å²) < 4.78 is 6.14. The molecular weight excluding hydrogens is 330 g/mol. The number of hydrogen-bond acceptors (Lipinski definition) is 2. The first kappa shape index (κ1) is 17.8. The van der Waals surface area contributed by atoms with Gasteiger partial charge in [0.1, 0.15) is 12.4 Å². The quantitative estimate of drug-likeness (QED) is 0.504. The number of rotatable bonds is 8. The molecule has 0 unspecified atom stereocenters. The van der Waals surface area contributed by atoms with Crippen LogP contribution in [0.15, 0.2) is 60.7 Å². The van der Waals surface area contributed by atoms with Gasteiger partial charge in [0.2, 0.25) is 0 Å². The van der Waals surface area contributed by atoms with Crippen molar-refractivity contribution in [3.63, 3.8) is 0 Å². The van der Waals surface area contributed by atoms with Crippen molar-refractivity contribution < 1.29 is 4.74 Å². The van der Waals surface area contributed by atoms with Gasteiger partial charge < -0.3 is 10.1 Å². The van der Waals surface area contributed by atoms with Gasteiger partial charge in [0.25, 0.3) is 0 Å². The molecule has 0 aromatic heterocycles. The highest BCUT2D eigenvalue weighted by atomic mass is 35.5. The largest absolute Gasteiger partial charge is 0.489 e. The number of fused-ring (bicyclic) bond motifs is 1. The van der Waals surface area contributed by atoms with Gasteiger partial charge in [-0.3, -0.25) is 0 Å². The average molecular weight is 354 g/mol. The molecule has 3 aromatic carbocycles. The molecule has 0 spiro atoms. The van der Waals surface area contributed by atoms with E-state index >= 15 is 0 Å². The fourth-order valence-corrected chi connectivity index (χ4v) is 3.15. The first-order chi connectivity index (χ1) is 12.3. The maximum absolute atomic E-state index is 6.14. The van der Waals surface area contributed by atoms with Gasteiger partial charge in [-0.25, -0.2) is 0 Å². The highest BCUT2D eigenvalue weighted by molar-refractivity contribution is 6.30. The second-order valence-electron chi connectivity index (χ2n) is 6.21. The molecule has 0 aliphatic heterocycles. The lowest BCUT2D eigenvalue weighted by Crippen LogP contribution is -2.15. The number of ether oxygens (including phenoxy) is 1. The Labute approximate surface area is 154 Å². The van der Waals surface area contributed by atoms with Crippen LogP contribution in [0.2, 0.25) is 5.02 Å². The normalized spacial score (nSPS) is 11.0. The molecular formula is C22H24ClNO. The standard InChI is InChI=1S/C22H24ClNO/c1-2-3-13-24-15-21-20-10-5-4-8-18(20)11-12-22(21)25-16-17-7-6-9-19(23)14-17/h4-12,14,24H,2-3,13,15-16H2,1H3. The third-order valence-electron chi connectivity index (χ3n) is 4.29. The summed E-state index contributed by atoms with van der Waals surface area (Å²) in [6.45, 7) is 4.56. The van der Waals surface area contributed by atoms with Crippen molar-refractivity contribution >= 4 is 22.4 Å². The molecule has 0 atom stereocenters. The maximum atomic E-state index is 6.14. The Morgan fingerprint density at radius 1 is 1.00 bits per heavy atom. The van der Waals surface area contributed by atoms with E-state index in [1.54, 1.807) is 0 Å². The fraction of sp³-hybridized carbons (Fsp3) is 0.273. The molecule has 0 saturated heterocycles. The Balaban J connectivity index is 1.82. The molecule has 0 aliphatic carbocycles. The second-order valence-corrected chi connectivity index (χ2v) is 6.65. The predicted molar refractivity (Wildman–Crippen MR) is 106 cm³/mol. The van der Waals surface area contributed by atoms with Crippen molar-refractivity contribution in [2.75, 3.05) is 6.54 Å². The lowest BCUT2D eigenvalue weighted by Gasteiger charge is -2.15. The van der Waals surface area contributed by atoms with Gasteiger partial charge in [-0.2, -0.15) is 0 Å². The highest BCUT2D eigenvalue weighted by Gasteiger charge is 2.09. The van der Waals surface area contributed by atoms with Crippen molar-refractivity contribution in [2.24, 2.45) is 0 Å². The molecule has 130 valence electrons. The van der Waals surface area contributed by atoms with Gasteiger partial charge >= 0.3 is 0 Å². The van der Waals surface area contributed by atoms with E-state index in [-0.39, 0.29) is 0 Å². The zero-order valence-electron chi connectivity index (χ0n) is 14.6. The van der Waals surface area contributed by atoms with Crippen molar-refractivity contribution in [1.29, 1.82) is 0 Å². The smallest absolute Gasteiger partial charge is 0.124 e. The van der Waals surface area contributed by atoms with Gasteiger partial charge in [0.15, 0.2) is 0 Å². The number of nitrogens with one attached hydrogen (secondary N) is 1. The molecule has 0 aliphatic rings. The predicted octanol–water partition coefficient (Wildman–Crippen LogP) is 5.96. The zero-order chi connectivity index (χ0) is 17.5. The van der Waals surface area contributed by atoms with E-state index in [1.165, 1.54) is 29.2 Å². The van der Waals surface area contributed by atoms with E-state index in [1.807, 2.05) is 24.3 Å². The molecule has 2 nitrogen and oxygen atoms in total. The summed E-state index contributed by atoms with van der Waals surface area (Å²) >= 11 is 6.07. The van der Waals surface area contributed by atoms with Crippen molar-refractivity contribution in [1.82, 2.24) is 5.32 Å². The van der Waals surface area contributed by atoms with Crippen LogP contribution in [0.1, 0.15) is 30.9 Å². The summed E-state index contributed by atoms with van der Waals surface area (Å²) in [5.74, 6) is 0.933. The van der Waals surface area contributed by atoms with E-state index in [0.717, 1.165) is 29.4 Å². The first-order valence-corrected chi connectivity index (χ1v) is 9.24. The van der Waals surface area contributed by atoms with Gasteiger partial charge in [0, 0.05) is 17.1 Å². The molecule has 25 heavy (non-hydrogen) atoms. The summed E-state index contributed by atoms with van der Waals surface area (Å²) in [6.07, 6.45) is 2.38. The third kappa shape index (κ3) is 4.75. The monoisotopic (exact) mass is 353 g/mol. The van der Waals surface area contributed by atoms with Crippen LogP contribution in [0.4, 0.5) is 0 Å². The Morgan fingerprint density at radius 3 is 2.72 bits per heavy atom. The Kier molecular flexibility index (Phi) is 6.32. The zero-order valence-corrected chi connectivity index (χ0v) is 15.4. The van der Waals surface area contributed by atoms with E-state index < -0.39 is 0 Å². The fourth-order valence-electron chi connectivity index (χ4n) is 2.94. The molecule has 3 rings (SSSR count). The highest BCUT2D eigenvalue weighted by Crippen LogP contribution is 2.29. The molecule has 0 saturated carbocycles. The maximum Gasteiger partial charge on any atom is 0.124 e. The molecule has 0 amide bonds. The van der Waals surface area contributed by atoms with E-state index in [4.69, 9.17) is 16.3 Å². The molecule has 0 radical (unpaired) electrons. The van der Waals surface area contributed by atoms with Gasteiger partial charge in [0.05, 0.1) is 0 Å². The lowest BCUT2D eigenvalue weighted by molar-refractivity contribution is 0.302. The third-order valence-corrected chi connectivity index (χ3v) is 4.52. The Hall–Kier alpha value is -2.03. The van der Waals surface area contributed by atoms with E-state index in [9.17, 15) is 0 Å². The van der Waals surface area contributed by atoms with Gasteiger partial charge in [-0.1, -0.05) is 67.4 Å². The van der Waals surface area contributed by atoms with Crippen LogP contribution in [-0.2, 0) is 13.2 Å². The number of hydrogen-bond donors (Lipinski definition) is 1. The van der Waals surface area contributed by atoms with Crippen molar-refractivity contribution in [3.8, 4) is 5.75 Å². The van der Waals surface area contributed by atoms with E-state index in [0.29, 0.717) is 6.61 Å². The first-order valence-electron chi connectivity index (χ1n) is 8.86. The summed E-state index contributed by atoms with van der Waals surface area (Å²) in [4.78, 5) is 0. The SMILES string of the molecule is CCCCNCc1c(OCc2cccc(Cl)c2)ccc2ccccc12. The van der Waals surface area contributed by atoms with Gasteiger partial charge in [-0.15, -0.1) is 0 Å². The molecule has 0 fully saturated rings. The van der Waals surface area contributed by atoms with Crippen LogP contribution in [0.5, 0.6) is 5.75 Å². The topological polar surface area (TPSA) is 21.3 Å². The van der Waals surface area contributed by atoms with Crippen LogP contribution < -0.4 is 10.1 Å². The Morgan fingerprint density at radius 2 is 1.88 bits per heavy atom. The molecule has 3 aromatic rings. The van der Waals surface area contributed by atoms with Crippen molar-refractivity contribution in [3.05, 3.63) is 76.8 Å². The summed E-state index contributed by atoms with van der Waals surface area (Å²) in [6, 6.07) is 20.5. The minimum Gasteiger partial charge on any atom is -0.489 e. The van der Waals surface area contributed by atoms with Crippen molar-refractivity contribution in [2.45, 2.75) is 32.9 Å². The van der Waals surface area contributed by atoms with Crippen LogP contribution in [-0.4, -0.2) is 6.54 Å². The van der Waals surface area contributed by atoms with Crippen LogP contribution >= 0.6 is 11.6 Å². The van der Waals surface area contributed by atoms with E-state index in [2.05, 4.69) is 48.6 Å². The summed E-state index contributed by atoms with van der Waals surface area (Å²) in [5, 5.41) is 6.76. The number of benzene rings is 3. The minimum atomic E-state index is 0.515. The molecule has 1 N–H and O–H groups in total. The Bertz CT molecular complexity index is 831. The van der Waals surface area contributed by atoms with Crippen LogP contribution in [0.3, 0.4) is 0 Å². The number of halogens is 1. The average Bonchev–Trinajstić information content (AvgIpc) is 2.64. The summed E-state index contributed by atoms with van der Waals surface area (Å²) in [5.41, 5.74) is 2.29. The molecule has 0 bridgehead atoms. The van der Waals surface area contributed by atoms with Gasteiger partial charge in [-0.05, 0) is 47.5 Å². The van der Waals surface area contributed by atoms with Crippen LogP contribution in [0.25, 0.3) is 10.8 Å². The molecule has 0 heterocycles.